The maximum Gasteiger partial charge on any atom is 0.160 e. The molecule has 0 bridgehead atoms. The first-order valence-electron chi connectivity index (χ1n) is 19.4. The molecular formula is C53H31N3OS. The van der Waals surface area contributed by atoms with E-state index in [1.54, 1.807) is 0 Å². The number of pyridine rings is 1. The molecule has 0 amide bonds. The largest absolute Gasteiger partial charge is 0.456 e. The Morgan fingerprint density at radius 3 is 1.88 bits per heavy atom. The number of aromatic nitrogens is 3. The van der Waals surface area contributed by atoms with Crippen LogP contribution in [0.25, 0.3) is 120 Å². The summed E-state index contributed by atoms with van der Waals surface area (Å²) in [5, 5.41) is 8.28. The zero-order chi connectivity index (χ0) is 38.2. The van der Waals surface area contributed by atoms with Crippen LogP contribution < -0.4 is 0 Å². The maximum absolute atomic E-state index is 6.26. The molecule has 0 saturated heterocycles. The lowest BCUT2D eigenvalue weighted by molar-refractivity contribution is 0.669. The Bertz CT molecular complexity index is 3550. The number of thiophene rings is 1. The molecular weight excluding hydrogens is 727 g/mol. The Hall–Kier alpha value is -7.47. The second-order valence-corrected chi connectivity index (χ2v) is 15.8. The van der Waals surface area contributed by atoms with Gasteiger partial charge >= 0.3 is 0 Å². The predicted octanol–water partition coefficient (Wildman–Crippen LogP) is 14.8. The zero-order valence-electron chi connectivity index (χ0n) is 31.1. The topological polar surface area (TPSA) is 51.8 Å². The van der Waals surface area contributed by atoms with Crippen LogP contribution >= 0.6 is 11.3 Å². The Morgan fingerprint density at radius 2 is 1.03 bits per heavy atom. The Labute approximate surface area is 337 Å². The van der Waals surface area contributed by atoms with Gasteiger partial charge < -0.3 is 4.42 Å². The van der Waals surface area contributed by atoms with Crippen molar-refractivity contribution >= 4 is 75.1 Å². The van der Waals surface area contributed by atoms with Gasteiger partial charge in [0, 0.05) is 69.4 Å². The third-order valence-corrected chi connectivity index (χ3v) is 12.4. The van der Waals surface area contributed by atoms with Crippen LogP contribution in [-0.2, 0) is 0 Å². The molecule has 0 N–H and O–H groups in total. The number of fused-ring (bicyclic) bond motifs is 10. The number of benzene rings is 8. The highest BCUT2D eigenvalue weighted by molar-refractivity contribution is 7.26. The van der Waals surface area contributed by atoms with Crippen molar-refractivity contribution in [2.24, 2.45) is 0 Å². The van der Waals surface area contributed by atoms with E-state index in [0.29, 0.717) is 5.82 Å². The van der Waals surface area contributed by atoms with E-state index in [0.717, 1.165) is 72.4 Å². The zero-order valence-corrected chi connectivity index (χ0v) is 31.9. The highest BCUT2D eigenvalue weighted by Crippen LogP contribution is 2.45. The van der Waals surface area contributed by atoms with Crippen LogP contribution in [0.1, 0.15) is 0 Å². The molecule has 0 fully saturated rings. The van der Waals surface area contributed by atoms with E-state index in [4.69, 9.17) is 19.4 Å². The van der Waals surface area contributed by atoms with Crippen LogP contribution in [-0.4, -0.2) is 15.0 Å². The number of hydrogen-bond acceptors (Lipinski definition) is 5. The molecule has 0 aliphatic heterocycles. The quantitative estimate of drug-likeness (QED) is 0.164. The first-order valence-corrected chi connectivity index (χ1v) is 20.2. The minimum absolute atomic E-state index is 0.683. The molecule has 0 unspecified atom stereocenters. The molecule has 4 heterocycles. The monoisotopic (exact) mass is 757 g/mol. The van der Waals surface area contributed by atoms with Crippen LogP contribution in [0.2, 0.25) is 0 Å². The van der Waals surface area contributed by atoms with E-state index in [1.807, 2.05) is 53.8 Å². The summed E-state index contributed by atoms with van der Waals surface area (Å²) in [7, 11) is 0. The van der Waals surface area contributed by atoms with Gasteiger partial charge in [-0.25, -0.2) is 15.0 Å². The number of furan rings is 1. The molecule has 4 aromatic heterocycles. The lowest BCUT2D eigenvalue weighted by Crippen LogP contribution is -1.96. The van der Waals surface area contributed by atoms with E-state index in [9.17, 15) is 0 Å². The Kier molecular flexibility index (Phi) is 7.37. The summed E-state index contributed by atoms with van der Waals surface area (Å²) in [5.41, 5.74) is 11.9. The van der Waals surface area contributed by atoms with Crippen LogP contribution in [0, 0.1) is 0 Å². The molecule has 4 nitrogen and oxygen atoms in total. The second-order valence-electron chi connectivity index (χ2n) is 14.7. The molecule has 8 aromatic carbocycles. The van der Waals surface area contributed by atoms with Crippen LogP contribution in [0.4, 0.5) is 0 Å². The fraction of sp³-hybridized carbons (Fsp3) is 0. The average molecular weight is 758 g/mol. The van der Waals surface area contributed by atoms with Crippen molar-refractivity contribution in [1.82, 2.24) is 15.0 Å². The smallest absolute Gasteiger partial charge is 0.160 e. The van der Waals surface area contributed by atoms with Crippen LogP contribution in [0.15, 0.2) is 192 Å². The molecule has 12 rings (SSSR count). The lowest BCUT2D eigenvalue weighted by atomic mass is 9.95. The summed E-state index contributed by atoms with van der Waals surface area (Å²) in [5.74, 6) is 0.683. The van der Waals surface area contributed by atoms with Crippen molar-refractivity contribution in [2.45, 2.75) is 0 Å². The Balaban J connectivity index is 1.000. The predicted molar refractivity (Wildman–Crippen MR) is 242 cm³/mol. The van der Waals surface area contributed by atoms with Gasteiger partial charge in [-0.1, -0.05) is 146 Å². The molecule has 0 spiro atoms. The number of para-hydroxylation sites is 2. The molecule has 58 heavy (non-hydrogen) atoms. The van der Waals surface area contributed by atoms with E-state index >= 15 is 0 Å². The van der Waals surface area contributed by atoms with Crippen molar-refractivity contribution in [3.05, 3.63) is 188 Å². The first-order chi connectivity index (χ1) is 28.7. The van der Waals surface area contributed by atoms with E-state index < -0.39 is 0 Å². The van der Waals surface area contributed by atoms with Crippen molar-refractivity contribution in [2.75, 3.05) is 0 Å². The van der Waals surface area contributed by atoms with Gasteiger partial charge in [0.05, 0.1) is 22.6 Å². The summed E-state index contributed by atoms with van der Waals surface area (Å²) in [6, 6.07) is 66.0. The molecule has 0 aliphatic rings. The van der Waals surface area contributed by atoms with Crippen molar-refractivity contribution in [1.29, 1.82) is 0 Å². The number of rotatable bonds is 5. The summed E-state index contributed by atoms with van der Waals surface area (Å²) >= 11 is 1.85. The summed E-state index contributed by atoms with van der Waals surface area (Å²) in [4.78, 5) is 15.5. The fourth-order valence-corrected chi connectivity index (χ4v) is 9.67. The van der Waals surface area contributed by atoms with Gasteiger partial charge in [0.1, 0.15) is 11.2 Å². The van der Waals surface area contributed by atoms with Crippen molar-refractivity contribution < 1.29 is 4.42 Å². The first kappa shape index (κ1) is 32.7. The van der Waals surface area contributed by atoms with Crippen molar-refractivity contribution in [3.63, 3.8) is 0 Å². The summed E-state index contributed by atoms with van der Waals surface area (Å²) < 4.78 is 8.81. The highest BCUT2D eigenvalue weighted by atomic mass is 32.1. The third-order valence-electron chi connectivity index (χ3n) is 11.3. The van der Waals surface area contributed by atoms with Gasteiger partial charge in [0.15, 0.2) is 5.82 Å². The summed E-state index contributed by atoms with van der Waals surface area (Å²) in [6.45, 7) is 0. The molecule has 12 aromatic rings. The Morgan fingerprint density at radius 1 is 0.362 bits per heavy atom. The number of hydrogen-bond donors (Lipinski definition) is 0. The van der Waals surface area contributed by atoms with Gasteiger partial charge in [-0.05, 0) is 53.6 Å². The van der Waals surface area contributed by atoms with Crippen molar-refractivity contribution in [3.8, 4) is 56.3 Å². The van der Waals surface area contributed by atoms with E-state index in [-0.39, 0.29) is 0 Å². The third kappa shape index (κ3) is 5.25. The highest BCUT2D eigenvalue weighted by Gasteiger charge is 2.19. The minimum atomic E-state index is 0.683. The van der Waals surface area contributed by atoms with Gasteiger partial charge in [-0.3, -0.25) is 0 Å². The average Bonchev–Trinajstić information content (AvgIpc) is 3.87. The van der Waals surface area contributed by atoms with Gasteiger partial charge in [0.25, 0.3) is 0 Å². The molecule has 5 heteroatoms. The standard InChI is InChI=1S/C53H31N3OS/c1-3-12-34(13-4-1)52-40-27-29-48-51(50(40)37-16-7-9-19-42(37)54-52)41-30-36(26-28-47(41)58-48)32-22-24-33(25-23-32)43-31-44(56-53(55-43)35-14-5-2-6-15-35)38-18-11-21-46-49(38)39-17-8-10-20-45(39)57-46/h1-31H. The van der Waals surface area contributed by atoms with Crippen LogP contribution in [0.3, 0.4) is 0 Å². The fourth-order valence-electron chi connectivity index (χ4n) is 8.58. The lowest BCUT2D eigenvalue weighted by Gasteiger charge is -2.12. The van der Waals surface area contributed by atoms with Gasteiger partial charge in [-0.15, -0.1) is 11.3 Å². The molecule has 0 saturated carbocycles. The van der Waals surface area contributed by atoms with E-state index in [1.165, 1.54) is 41.9 Å². The summed E-state index contributed by atoms with van der Waals surface area (Å²) in [6.07, 6.45) is 0. The van der Waals surface area contributed by atoms with Crippen LogP contribution in [0.5, 0.6) is 0 Å². The second kappa shape index (κ2) is 13.1. The van der Waals surface area contributed by atoms with Gasteiger partial charge in [0.2, 0.25) is 0 Å². The molecule has 0 radical (unpaired) electrons. The van der Waals surface area contributed by atoms with E-state index in [2.05, 4.69) is 146 Å². The normalized spacial score (nSPS) is 11.8. The molecule has 0 aliphatic carbocycles. The maximum atomic E-state index is 6.26. The van der Waals surface area contributed by atoms with Gasteiger partial charge in [-0.2, -0.15) is 0 Å². The minimum Gasteiger partial charge on any atom is -0.456 e. The molecule has 0 atom stereocenters. The SMILES string of the molecule is c1ccc(-c2nc(-c3ccc(-c4ccc5sc6ccc7c(-c8ccccc8)nc8ccccc8c7c6c5c4)cc3)cc(-c3cccc4oc5ccccc5c34)n2)cc1. The number of nitrogens with zero attached hydrogens (tertiary/aromatic N) is 3. The molecule has 270 valence electrons.